The first kappa shape index (κ1) is 20.1. The number of carbonyl (C=O) groups excluding carboxylic acids is 1. The monoisotopic (exact) mass is 413 g/mol. The van der Waals surface area contributed by atoms with Crippen molar-refractivity contribution in [3.63, 3.8) is 0 Å². The van der Waals surface area contributed by atoms with Gasteiger partial charge in [0.05, 0.1) is 17.8 Å². The fourth-order valence-electron chi connectivity index (χ4n) is 3.20. The molecule has 9 heteroatoms. The van der Waals surface area contributed by atoms with Crippen molar-refractivity contribution in [3.8, 4) is 5.13 Å². The summed E-state index contributed by atoms with van der Waals surface area (Å²) >= 11 is 1.36. The topological polar surface area (TPSA) is 75.5 Å². The summed E-state index contributed by atoms with van der Waals surface area (Å²) in [7, 11) is -0.516. The summed E-state index contributed by atoms with van der Waals surface area (Å²) < 4.78 is 19.5. The van der Waals surface area contributed by atoms with Crippen molar-refractivity contribution in [1.29, 1.82) is 0 Å². The van der Waals surface area contributed by atoms with Crippen LogP contribution in [0.2, 0.25) is 0 Å². The predicted molar refractivity (Wildman–Crippen MR) is 113 cm³/mol. The van der Waals surface area contributed by atoms with Crippen molar-refractivity contribution in [2.45, 2.75) is 52.7 Å². The van der Waals surface area contributed by atoms with Crippen LogP contribution < -0.4 is 5.46 Å². The number of hydrogen-bond donors (Lipinski definition) is 0. The number of hydrogen-bond acceptors (Lipinski definition) is 7. The van der Waals surface area contributed by atoms with Gasteiger partial charge in [0.15, 0.2) is 10.8 Å². The molecule has 0 aliphatic carbocycles. The van der Waals surface area contributed by atoms with Crippen LogP contribution >= 0.6 is 11.3 Å². The number of ether oxygens (including phenoxy) is 1. The molecule has 3 aromatic heterocycles. The van der Waals surface area contributed by atoms with Gasteiger partial charge in [0, 0.05) is 28.1 Å². The van der Waals surface area contributed by atoms with Gasteiger partial charge < -0.3 is 14.0 Å². The first-order valence-corrected chi connectivity index (χ1v) is 10.5. The van der Waals surface area contributed by atoms with E-state index in [0.717, 1.165) is 22.2 Å². The van der Waals surface area contributed by atoms with Gasteiger partial charge in [-0.3, -0.25) is 4.57 Å². The molecule has 3 aromatic rings. The van der Waals surface area contributed by atoms with Crippen LogP contribution in [0.25, 0.3) is 16.2 Å². The minimum absolute atomic E-state index is 0.290. The highest BCUT2D eigenvalue weighted by Crippen LogP contribution is 2.37. The Morgan fingerprint density at radius 3 is 2.55 bits per heavy atom. The maximum Gasteiger partial charge on any atom is 0.497 e. The third kappa shape index (κ3) is 3.37. The highest BCUT2D eigenvalue weighted by molar-refractivity contribution is 7.12. The first-order chi connectivity index (χ1) is 13.6. The molecule has 152 valence electrons. The van der Waals surface area contributed by atoms with Crippen molar-refractivity contribution in [3.05, 3.63) is 35.1 Å². The average Bonchev–Trinajstić information content (AvgIpc) is 3.29. The standard InChI is InChI=1S/C20H24BN3O4S/c1-7-26-17(25)15-11-29-18(23-15)24-10-14(13-9-8-12(2)22-16(13)24)21-27-19(3,4)20(5,6)28-21/h8-11H,7H2,1-6H3. The third-order valence-electron chi connectivity index (χ3n) is 5.51. The lowest BCUT2D eigenvalue weighted by Gasteiger charge is -2.32. The van der Waals surface area contributed by atoms with E-state index in [4.69, 9.17) is 19.0 Å². The summed E-state index contributed by atoms with van der Waals surface area (Å²) in [6.07, 6.45) is 1.94. The molecule has 4 rings (SSSR count). The number of rotatable bonds is 4. The largest absolute Gasteiger partial charge is 0.497 e. The third-order valence-corrected chi connectivity index (χ3v) is 6.35. The molecule has 0 unspecified atom stereocenters. The second kappa shape index (κ2) is 6.93. The number of carbonyl (C=O) groups is 1. The van der Waals surface area contributed by atoms with Gasteiger partial charge >= 0.3 is 13.1 Å². The highest BCUT2D eigenvalue weighted by Gasteiger charge is 2.52. The molecule has 0 aromatic carbocycles. The summed E-state index contributed by atoms with van der Waals surface area (Å²) in [6.45, 7) is 12.1. The number of fused-ring (bicyclic) bond motifs is 1. The Morgan fingerprint density at radius 2 is 1.90 bits per heavy atom. The average molecular weight is 413 g/mol. The van der Waals surface area contributed by atoms with Gasteiger partial charge in [-0.2, -0.15) is 0 Å². The van der Waals surface area contributed by atoms with Crippen molar-refractivity contribution in [2.75, 3.05) is 6.61 Å². The Labute approximate surface area is 174 Å². The summed E-state index contributed by atoms with van der Waals surface area (Å²) in [6, 6.07) is 3.99. The van der Waals surface area contributed by atoms with E-state index in [9.17, 15) is 4.79 Å². The zero-order valence-electron chi connectivity index (χ0n) is 17.5. The van der Waals surface area contributed by atoms with Gasteiger partial charge in [0.1, 0.15) is 5.65 Å². The smallest absolute Gasteiger partial charge is 0.461 e. The number of nitrogens with zero attached hydrogens (tertiary/aromatic N) is 3. The molecule has 0 saturated carbocycles. The quantitative estimate of drug-likeness (QED) is 0.483. The number of aryl methyl sites for hydroxylation is 1. The van der Waals surface area contributed by atoms with Crippen molar-refractivity contribution >= 4 is 40.9 Å². The molecule has 1 aliphatic rings. The fraction of sp³-hybridized carbons (Fsp3) is 0.450. The molecular weight excluding hydrogens is 389 g/mol. The number of esters is 1. The predicted octanol–water partition coefficient (Wildman–Crippen LogP) is 3.27. The number of pyridine rings is 1. The molecule has 1 saturated heterocycles. The van der Waals surface area contributed by atoms with Gasteiger partial charge in [-0.1, -0.05) is 0 Å². The molecule has 0 spiro atoms. The van der Waals surface area contributed by atoms with E-state index in [2.05, 4.69) is 4.98 Å². The normalized spacial score (nSPS) is 17.8. The molecule has 29 heavy (non-hydrogen) atoms. The van der Waals surface area contributed by atoms with Crippen molar-refractivity contribution in [1.82, 2.24) is 14.5 Å². The van der Waals surface area contributed by atoms with E-state index >= 15 is 0 Å². The summed E-state index contributed by atoms with van der Waals surface area (Å²) in [5, 5.41) is 3.27. The SMILES string of the molecule is CCOC(=O)c1csc(-n2cc(B3OC(C)(C)C(C)(C)O3)c3ccc(C)nc32)n1. The lowest BCUT2D eigenvalue weighted by Crippen LogP contribution is -2.41. The summed E-state index contributed by atoms with van der Waals surface area (Å²) in [5.41, 5.74) is 1.93. The zero-order chi connectivity index (χ0) is 21.0. The molecule has 0 N–H and O–H groups in total. The molecule has 1 fully saturated rings. The molecule has 7 nitrogen and oxygen atoms in total. The Balaban J connectivity index is 1.81. The minimum Gasteiger partial charge on any atom is -0.461 e. The fourth-order valence-corrected chi connectivity index (χ4v) is 3.97. The summed E-state index contributed by atoms with van der Waals surface area (Å²) in [4.78, 5) is 21.2. The van der Waals surface area contributed by atoms with Crippen LogP contribution in [-0.4, -0.2) is 45.4 Å². The molecular formula is C20H24BN3O4S. The van der Waals surface area contributed by atoms with Gasteiger partial charge in [-0.25, -0.2) is 14.8 Å². The Kier molecular flexibility index (Phi) is 4.80. The lowest BCUT2D eigenvalue weighted by atomic mass is 9.79. The number of thiazole rings is 1. The van der Waals surface area contributed by atoms with Crippen LogP contribution in [-0.2, 0) is 14.0 Å². The van der Waals surface area contributed by atoms with E-state index < -0.39 is 24.3 Å². The first-order valence-electron chi connectivity index (χ1n) is 9.60. The van der Waals surface area contributed by atoms with Crippen LogP contribution in [0, 0.1) is 6.92 Å². The van der Waals surface area contributed by atoms with E-state index in [1.54, 1.807) is 12.3 Å². The van der Waals surface area contributed by atoms with Crippen LogP contribution in [0.15, 0.2) is 23.7 Å². The van der Waals surface area contributed by atoms with Gasteiger partial charge in [-0.15, -0.1) is 11.3 Å². The Morgan fingerprint density at radius 1 is 1.21 bits per heavy atom. The van der Waals surface area contributed by atoms with E-state index in [-0.39, 0.29) is 0 Å². The van der Waals surface area contributed by atoms with Crippen LogP contribution in [0.5, 0.6) is 0 Å². The van der Waals surface area contributed by atoms with Crippen LogP contribution in [0.4, 0.5) is 0 Å². The van der Waals surface area contributed by atoms with E-state index in [1.807, 2.05) is 57.5 Å². The Hall–Kier alpha value is -2.23. The summed E-state index contributed by atoms with van der Waals surface area (Å²) in [5.74, 6) is -0.429. The molecule has 0 atom stereocenters. The zero-order valence-corrected chi connectivity index (χ0v) is 18.3. The lowest BCUT2D eigenvalue weighted by molar-refractivity contribution is 0.00578. The van der Waals surface area contributed by atoms with Crippen molar-refractivity contribution < 1.29 is 18.8 Å². The molecule has 0 bridgehead atoms. The minimum atomic E-state index is -0.516. The maximum atomic E-state index is 12.0. The molecule has 4 heterocycles. The van der Waals surface area contributed by atoms with Gasteiger partial charge in [0.2, 0.25) is 0 Å². The van der Waals surface area contributed by atoms with Gasteiger partial charge in [-0.05, 0) is 53.7 Å². The number of aromatic nitrogens is 3. The van der Waals surface area contributed by atoms with Gasteiger partial charge in [0.25, 0.3) is 0 Å². The second-order valence-electron chi connectivity index (χ2n) is 8.10. The van der Waals surface area contributed by atoms with Crippen LogP contribution in [0.3, 0.4) is 0 Å². The highest BCUT2D eigenvalue weighted by atomic mass is 32.1. The van der Waals surface area contributed by atoms with Crippen molar-refractivity contribution in [2.24, 2.45) is 0 Å². The van der Waals surface area contributed by atoms with E-state index in [1.165, 1.54) is 11.3 Å². The Bertz CT molecular complexity index is 1070. The molecule has 0 radical (unpaired) electrons. The van der Waals surface area contributed by atoms with Crippen LogP contribution in [0.1, 0.15) is 50.8 Å². The molecule has 0 amide bonds. The second-order valence-corrected chi connectivity index (χ2v) is 8.94. The maximum absolute atomic E-state index is 12.0. The van der Waals surface area contributed by atoms with E-state index in [0.29, 0.717) is 17.4 Å². The molecule has 1 aliphatic heterocycles.